The molecule has 0 bridgehead atoms. The third kappa shape index (κ3) is 9.78. The second-order valence-corrected chi connectivity index (χ2v) is 10.8. The predicted octanol–water partition coefficient (Wildman–Crippen LogP) is 7.60. The summed E-state index contributed by atoms with van der Waals surface area (Å²) in [4.78, 5) is 28.1. The lowest BCUT2D eigenvalue weighted by atomic mass is 10.1. The summed E-state index contributed by atoms with van der Waals surface area (Å²) in [6, 6.07) is 14.8. The molecule has 0 radical (unpaired) electrons. The molecule has 3 rings (SSSR count). The summed E-state index contributed by atoms with van der Waals surface area (Å²) < 4.78 is 39.3. The van der Waals surface area contributed by atoms with Gasteiger partial charge in [0.1, 0.15) is 0 Å². The van der Waals surface area contributed by atoms with Gasteiger partial charge in [0.15, 0.2) is 0 Å². The minimum absolute atomic E-state index is 0.0244. The maximum atomic E-state index is 13.1. The van der Waals surface area contributed by atoms with Crippen LogP contribution in [0.1, 0.15) is 51.3 Å². The molecule has 0 saturated heterocycles. The van der Waals surface area contributed by atoms with Crippen molar-refractivity contribution in [1.82, 2.24) is 10.3 Å². The van der Waals surface area contributed by atoms with Crippen molar-refractivity contribution in [2.75, 3.05) is 30.7 Å². The molecular weight excluding hydrogens is 596 g/mol. The normalized spacial score (nSPS) is 11.7. The fourth-order valence-corrected chi connectivity index (χ4v) is 5.11. The zero-order chi connectivity index (χ0) is 30.0. The summed E-state index contributed by atoms with van der Waals surface area (Å²) >= 11 is 13.5. The molecule has 0 unspecified atom stereocenters. The molecule has 12 heteroatoms. The molecule has 3 aromatic rings. The number of carbonyl (C=O) groups is 2. The van der Waals surface area contributed by atoms with Crippen molar-refractivity contribution in [3.63, 3.8) is 0 Å². The summed E-state index contributed by atoms with van der Waals surface area (Å²) in [5.74, 6) is 0.704. The van der Waals surface area contributed by atoms with Crippen molar-refractivity contribution in [3.8, 4) is 0 Å². The molecule has 0 saturated carbocycles. The number of nitrogens with zero attached hydrogens (tertiary/aromatic N) is 2. The van der Waals surface area contributed by atoms with E-state index in [1.54, 1.807) is 12.1 Å². The van der Waals surface area contributed by atoms with Gasteiger partial charge < -0.3 is 10.2 Å². The predicted molar refractivity (Wildman–Crippen MR) is 161 cm³/mol. The summed E-state index contributed by atoms with van der Waals surface area (Å²) in [7, 11) is 0. The van der Waals surface area contributed by atoms with Crippen molar-refractivity contribution < 1.29 is 22.8 Å². The molecule has 3 aromatic carbocycles. The van der Waals surface area contributed by atoms with Gasteiger partial charge in [0, 0.05) is 28.6 Å². The van der Waals surface area contributed by atoms with Crippen LogP contribution in [0.3, 0.4) is 0 Å². The van der Waals surface area contributed by atoms with E-state index in [1.807, 2.05) is 23.9 Å². The lowest BCUT2D eigenvalue weighted by Gasteiger charge is -2.17. The Kier molecular flexibility index (Phi) is 12.1. The number of anilines is 1. The standard InChI is InChI=1S/C29H29Cl2F3N4O2S/c1-3-38(4-2)13-14-41-18-19-5-8-21(9-6-19)27(39)36-26-12-10-22(30)16-23(26)28(40)37-35-17-20-7-11-25(31)24(15-20)29(32,33)34/h5-12,15-17H,3-4,13-14,18H2,1-2H3,(H,36,39)(H,37,40)/b35-17+. The quantitative estimate of drug-likeness (QED) is 0.124. The van der Waals surface area contributed by atoms with Crippen LogP contribution in [0.2, 0.25) is 10.0 Å². The SMILES string of the molecule is CCN(CC)CCSCc1ccc(C(=O)Nc2ccc(Cl)cc2C(=O)N/N=C/c2ccc(Cl)c(C(F)(F)F)c2)cc1. The first kappa shape index (κ1) is 32.5. The third-order valence-corrected chi connectivity index (χ3v) is 7.65. The Morgan fingerprint density at radius 2 is 1.68 bits per heavy atom. The number of halogens is 5. The first-order chi connectivity index (χ1) is 19.5. The Bertz CT molecular complexity index is 1380. The average molecular weight is 626 g/mol. The van der Waals surface area contributed by atoms with Crippen LogP contribution in [0.25, 0.3) is 0 Å². The van der Waals surface area contributed by atoms with E-state index in [0.717, 1.165) is 55.1 Å². The summed E-state index contributed by atoms with van der Waals surface area (Å²) in [5.41, 5.74) is 3.02. The highest BCUT2D eigenvalue weighted by molar-refractivity contribution is 7.98. The minimum Gasteiger partial charge on any atom is -0.321 e. The van der Waals surface area contributed by atoms with E-state index in [2.05, 4.69) is 34.6 Å². The average Bonchev–Trinajstić information content (AvgIpc) is 2.94. The van der Waals surface area contributed by atoms with Crippen LogP contribution in [0, 0.1) is 0 Å². The van der Waals surface area contributed by atoms with Crippen LogP contribution in [0.15, 0.2) is 65.8 Å². The molecule has 0 fully saturated rings. The molecule has 0 spiro atoms. The molecule has 0 aromatic heterocycles. The number of hydrogen-bond acceptors (Lipinski definition) is 5. The highest BCUT2D eigenvalue weighted by Gasteiger charge is 2.33. The van der Waals surface area contributed by atoms with Crippen LogP contribution in [-0.2, 0) is 11.9 Å². The van der Waals surface area contributed by atoms with E-state index in [4.69, 9.17) is 23.2 Å². The Morgan fingerprint density at radius 3 is 2.34 bits per heavy atom. The zero-order valence-corrected chi connectivity index (χ0v) is 24.7. The van der Waals surface area contributed by atoms with Crippen molar-refractivity contribution >= 4 is 58.7 Å². The number of benzene rings is 3. The van der Waals surface area contributed by atoms with E-state index in [9.17, 15) is 22.8 Å². The molecule has 41 heavy (non-hydrogen) atoms. The molecule has 0 heterocycles. The van der Waals surface area contributed by atoms with Crippen LogP contribution >= 0.6 is 35.0 Å². The summed E-state index contributed by atoms with van der Waals surface area (Å²) in [6.45, 7) is 7.38. The second-order valence-electron chi connectivity index (χ2n) is 8.86. The first-order valence-corrected chi connectivity index (χ1v) is 14.6. The van der Waals surface area contributed by atoms with Gasteiger partial charge in [-0.2, -0.15) is 30.0 Å². The maximum absolute atomic E-state index is 13.1. The van der Waals surface area contributed by atoms with E-state index in [1.165, 1.54) is 24.3 Å². The number of thioether (sulfide) groups is 1. The summed E-state index contributed by atoms with van der Waals surface area (Å²) in [5, 5.41) is 6.25. The van der Waals surface area contributed by atoms with Gasteiger partial charge in [0.2, 0.25) is 0 Å². The molecule has 0 atom stereocenters. The van der Waals surface area contributed by atoms with E-state index >= 15 is 0 Å². The van der Waals surface area contributed by atoms with Crippen LogP contribution in [0.4, 0.5) is 18.9 Å². The minimum atomic E-state index is -4.64. The number of amides is 2. The smallest absolute Gasteiger partial charge is 0.321 e. The second kappa shape index (κ2) is 15.3. The lowest BCUT2D eigenvalue weighted by molar-refractivity contribution is -0.137. The number of hydrazone groups is 1. The fraction of sp³-hybridized carbons (Fsp3) is 0.276. The van der Waals surface area contributed by atoms with Crippen molar-refractivity contribution in [2.45, 2.75) is 25.8 Å². The Balaban J connectivity index is 1.63. The van der Waals surface area contributed by atoms with Gasteiger partial charge in [-0.25, -0.2) is 5.43 Å². The molecular formula is C29H29Cl2F3N4O2S. The monoisotopic (exact) mass is 624 g/mol. The van der Waals surface area contributed by atoms with Gasteiger partial charge in [-0.3, -0.25) is 9.59 Å². The number of rotatable bonds is 12. The number of carbonyl (C=O) groups excluding carboxylic acids is 2. The Hall–Kier alpha value is -3.05. The van der Waals surface area contributed by atoms with Crippen molar-refractivity contribution in [2.24, 2.45) is 5.10 Å². The first-order valence-electron chi connectivity index (χ1n) is 12.7. The van der Waals surface area contributed by atoms with Gasteiger partial charge >= 0.3 is 6.18 Å². The number of nitrogens with one attached hydrogen (secondary N) is 2. The molecule has 2 N–H and O–H groups in total. The van der Waals surface area contributed by atoms with Crippen LogP contribution < -0.4 is 10.7 Å². The van der Waals surface area contributed by atoms with Crippen LogP contribution in [0.5, 0.6) is 0 Å². The topological polar surface area (TPSA) is 73.8 Å². The Morgan fingerprint density at radius 1 is 0.976 bits per heavy atom. The molecule has 0 aliphatic rings. The number of alkyl halides is 3. The largest absolute Gasteiger partial charge is 0.417 e. The fourth-order valence-electron chi connectivity index (χ4n) is 3.75. The van der Waals surface area contributed by atoms with E-state index in [-0.39, 0.29) is 21.8 Å². The molecule has 0 aliphatic carbocycles. The van der Waals surface area contributed by atoms with Gasteiger partial charge in [-0.15, -0.1) is 0 Å². The highest BCUT2D eigenvalue weighted by Crippen LogP contribution is 2.34. The van der Waals surface area contributed by atoms with Crippen molar-refractivity contribution in [3.05, 3.63) is 98.5 Å². The van der Waals surface area contributed by atoms with Gasteiger partial charge in [0.25, 0.3) is 11.8 Å². The molecule has 218 valence electrons. The van der Waals surface area contributed by atoms with Gasteiger partial charge in [-0.1, -0.05) is 55.2 Å². The number of hydrogen-bond donors (Lipinski definition) is 2. The molecule has 6 nitrogen and oxygen atoms in total. The third-order valence-electron chi connectivity index (χ3n) is 6.08. The van der Waals surface area contributed by atoms with Crippen LogP contribution in [-0.4, -0.2) is 48.3 Å². The zero-order valence-electron chi connectivity index (χ0n) is 22.4. The van der Waals surface area contributed by atoms with E-state index < -0.39 is 28.6 Å². The lowest BCUT2D eigenvalue weighted by Crippen LogP contribution is -2.25. The maximum Gasteiger partial charge on any atom is 0.417 e. The summed E-state index contributed by atoms with van der Waals surface area (Å²) in [6.07, 6.45) is -3.59. The highest BCUT2D eigenvalue weighted by atomic mass is 35.5. The van der Waals surface area contributed by atoms with Gasteiger partial charge in [0.05, 0.1) is 28.1 Å². The Labute approximate surface area is 251 Å². The molecule has 0 aliphatic heterocycles. The molecule has 2 amide bonds. The van der Waals surface area contributed by atoms with Gasteiger partial charge in [-0.05, 0) is 66.7 Å². The van der Waals surface area contributed by atoms with Crippen molar-refractivity contribution in [1.29, 1.82) is 0 Å². The van der Waals surface area contributed by atoms with E-state index in [0.29, 0.717) is 5.56 Å².